The molecule has 5 saturated heterocycles. The summed E-state index contributed by atoms with van der Waals surface area (Å²) in [7, 11) is 0. The molecule has 17 unspecified atom stereocenters. The van der Waals surface area contributed by atoms with Gasteiger partial charge in [-0.2, -0.15) is 11.8 Å². The van der Waals surface area contributed by atoms with E-state index in [2.05, 4.69) is 26.6 Å². The van der Waals surface area contributed by atoms with Crippen LogP contribution in [0.3, 0.4) is 0 Å². The molecule has 0 saturated carbocycles. The van der Waals surface area contributed by atoms with Crippen LogP contribution in [0.5, 0.6) is 0 Å². The van der Waals surface area contributed by atoms with Crippen LogP contribution in [0.25, 0.3) is 0 Å². The second kappa shape index (κ2) is 24.8. The normalized spacial score (nSPS) is 38.9. The highest BCUT2D eigenvalue weighted by molar-refractivity contribution is 8.00. The Kier molecular flexibility index (Phi) is 20.3. The summed E-state index contributed by atoms with van der Waals surface area (Å²) in [5.74, 6) is 0.0512. The molecule has 362 valence electrons. The van der Waals surface area contributed by atoms with Gasteiger partial charge in [0, 0.05) is 43.9 Å². The molecule has 23 nitrogen and oxygen atoms in total. The Balaban J connectivity index is 1.06. The van der Waals surface area contributed by atoms with E-state index in [-0.39, 0.29) is 55.9 Å². The number of aliphatic hydroxyl groups excluding tert-OH is 8. The molecule has 0 aromatic rings. The number of amides is 5. The molecule has 0 radical (unpaired) electrons. The monoisotopic (exact) mass is 925 g/mol. The smallest absolute Gasteiger partial charge is 0.315 e. The molecule has 5 heterocycles. The lowest BCUT2D eigenvalue weighted by Gasteiger charge is -2.49. The van der Waals surface area contributed by atoms with Gasteiger partial charge < -0.3 is 95.9 Å². The first-order chi connectivity index (χ1) is 30.1. The van der Waals surface area contributed by atoms with Gasteiger partial charge >= 0.3 is 6.03 Å². The fraction of sp³-hybridized carbons (Fsp3) is 0.897. The molecular formula is C39H67N5O18S. The zero-order valence-corrected chi connectivity index (χ0v) is 36.4. The molecule has 63 heavy (non-hydrogen) atoms. The van der Waals surface area contributed by atoms with E-state index in [4.69, 9.17) is 28.4 Å². The maximum Gasteiger partial charge on any atom is 0.315 e. The van der Waals surface area contributed by atoms with E-state index in [1.54, 1.807) is 0 Å². The molecule has 0 aromatic heterocycles. The zero-order chi connectivity index (χ0) is 45.8. The van der Waals surface area contributed by atoms with Crippen molar-refractivity contribution in [3.63, 3.8) is 0 Å². The predicted molar refractivity (Wildman–Crippen MR) is 218 cm³/mol. The summed E-state index contributed by atoms with van der Waals surface area (Å²) in [5.41, 5.74) is 0. The lowest BCUT2D eigenvalue weighted by molar-refractivity contribution is -0.385. The van der Waals surface area contributed by atoms with Crippen LogP contribution >= 0.6 is 11.8 Å². The van der Waals surface area contributed by atoms with E-state index >= 15 is 0 Å². The lowest BCUT2D eigenvalue weighted by atomic mass is 9.95. The minimum absolute atomic E-state index is 0.0101. The SMILES string of the molecule is CC(=O)NC1C(OC2C(O)C(CO)OC(OCCCNC(=O)CCCCCNC(=O)CCCCC3SCC4NC(=O)N[C@@H]43)C2OC2OC(C)C(O)C(O)C2O)OC(CO)C(O)C1O. The van der Waals surface area contributed by atoms with Crippen LogP contribution in [0.4, 0.5) is 4.79 Å². The lowest BCUT2D eigenvalue weighted by Crippen LogP contribution is -2.68. The Labute approximate surface area is 369 Å². The number of hydrogen-bond donors (Lipinski definition) is 13. The summed E-state index contributed by atoms with van der Waals surface area (Å²) in [6, 6.07) is -1.21. The fourth-order valence-electron chi connectivity index (χ4n) is 8.26. The quantitative estimate of drug-likeness (QED) is 0.0339. The van der Waals surface area contributed by atoms with Crippen molar-refractivity contribution < 1.29 is 88.5 Å². The number of fused-ring (bicyclic) bond motifs is 1. The van der Waals surface area contributed by atoms with Gasteiger partial charge in [0.2, 0.25) is 17.7 Å². The van der Waals surface area contributed by atoms with Gasteiger partial charge in [0.15, 0.2) is 18.9 Å². The topological polar surface area (TPSA) is 346 Å². The molecule has 5 aliphatic heterocycles. The highest BCUT2D eigenvalue weighted by atomic mass is 32.2. The van der Waals surface area contributed by atoms with Crippen LogP contribution in [-0.2, 0) is 42.8 Å². The van der Waals surface area contributed by atoms with Gasteiger partial charge in [-0.25, -0.2) is 4.79 Å². The summed E-state index contributed by atoms with van der Waals surface area (Å²) in [5, 5.41) is 98.7. The minimum atomic E-state index is -1.82. The van der Waals surface area contributed by atoms with Crippen molar-refractivity contribution in [2.75, 3.05) is 38.7 Å². The second-order valence-electron chi connectivity index (χ2n) is 16.6. The molecule has 0 aromatic carbocycles. The number of aliphatic hydroxyl groups is 8. The third kappa shape index (κ3) is 14.0. The first-order valence-electron chi connectivity index (χ1n) is 21.8. The van der Waals surface area contributed by atoms with Gasteiger partial charge in [-0.05, 0) is 39.0 Å². The Morgan fingerprint density at radius 2 is 1.35 bits per heavy atom. The maximum atomic E-state index is 12.6. The van der Waals surface area contributed by atoms with Crippen molar-refractivity contribution in [1.29, 1.82) is 0 Å². The van der Waals surface area contributed by atoms with Gasteiger partial charge in [-0.3, -0.25) is 14.4 Å². The Bertz CT molecular complexity index is 1480. The average Bonchev–Trinajstić information content (AvgIpc) is 3.81. The van der Waals surface area contributed by atoms with Crippen LogP contribution in [0, 0.1) is 0 Å². The molecular weight excluding hydrogens is 859 g/mol. The van der Waals surface area contributed by atoms with Gasteiger partial charge in [-0.1, -0.05) is 12.8 Å². The zero-order valence-electron chi connectivity index (χ0n) is 35.6. The summed E-state index contributed by atoms with van der Waals surface area (Å²) >= 11 is 1.85. The van der Waals surface area contributed by atoms with Gasteiger partial charge in [0.05, 0.1) is 38.0 Å². The van der Waals surface area contributed by atoms with Crippen molar-refractivity contribution in [3.05, 3.63) is 0 Å². The number of nitrogens with one attached hydrogen (secondary N) is 5. The van der Waals surface area contributed by atoms with E-state index in [1.165, 1.54) is 6.92 Å². The molecule has 0 aliphatic carbocycles. The van der Waals surface area contributed by atoms with E-state index in [0.717, 1.165) is 38.4 Å². The number of carbonyl (C=O) groups is 4. The van der Waals surface area contributed by atoms with E-state index < -0.39 is 111 Å². The standard InChI is InChI=1S/C39H67N5O18S/c1-18-28(50)32(54)33(55)37(58-18)62-35-34(61-36-27(42-19(2)47)31(53)29(51)21(15-45)59-36)30(52)22(16-46)60-38(35)57-14-8-13-41-24(48)10-4-3-7-12-40-25(49)11-6-5-9-23-26-20(17-63-23)43-39(56)44-26/h18,20-23,26-38,45-46,50-55H,3-17H2,1-2H3,(H,40,49)(H,41,48)(H,42,47)(H2,43,44,56)/t18?,20?,21?,22?,23?,26-,27?,28?,29?,30?,31?,32?,33?,34?,35?,36?,37?,38?/m0/s1. The molecule has 18 atom stereocenters. The fourth-order valence-corrected chi connectivity index (χ4v) is 9.81. The van der Waals surface area contributed by atoms with Crippen molar-refractivity contribution in [1.82, 2.24) is 26.6 Å². The summed E-state index contributed by atoms with van der Waals surface area (Å²) < 4.78 is 35.3. The molecule has 5 aliphatic rings. The number of carbonyl (C=O) groups excluding carboxylic acids is 4. The third-order valence-electron chi connectivity index (χ3n) is 11.8. The highest BCUT2D eigenvalue weighted by Crippen LogP contribution is 2.35. The van der Waals surface area contributed by atoms with Crippen molar-refractivity contribution in [3.8, 4) is 0 Å². The van der Waals surface area contributed by atoms with Crippen molar-refractivity contribution >= 4 is 35.5 Å². The molecule has 0 bridgehead atoms. The van der Waals surface area contributed by atoms with Gasteiger partial charge in [0.1, 0.15) is 67.1 Å². The van der Waals surface area contributed by atoms with Crippen LogP contribution in [0.2, 0.25) is 0 Å². The summed E-state index contributed by atoms with van der Waals surface area (Å²) in [6.07, 6.45) is -16.3. The predicted octanol–water partition coefficient (Wildman–Crippen LogP) is -4.47. The Morgan fingerprint density at radius 3 is 2.03 bits per heavy atom. The first kappa shape index (κ1) is 51.5. The van der Waals surface area contributed by atoms with E-state index in [0.29, 0.717) is 31.1 Å². The van der Waals surface area contributed by atoms with E-state index in [9.17, 15) is 60.0 Å². The van der Waals surface area contributed by atoms with Crippen molar-refractivity contribution in [2.24, 2.45) is 0 Å². The first-order valence-corrected chi connectivity index (χ1v) is 22.9. The number of rotatable bonds is 23. The molecule has 5 rings (SSSR count). The van der Waals surface area contributed by atoms with Gasteiger partial charge in [0.25, 0.3) is 0 Å². The molecule has 5 amide bonds. The molecule has 0 spiro atoms. The minimum Gasteiger partial charge on any atom is -0.394 e. The number of unbranched alkanes of at least 4 members (excludes halogenated alkanes) is 3. The third-order valence-corrected chi connectivity index (χ3v) is 13.4. The number of urea groups is 1. The summed E-state index contributed by atoms with van der Waals surface area (Å²) in [6.45, 7) is 1.64. The Morgan fingerprint density at radius 1 is 0.714 bits per heavy atom. The van der Waals surface area contributed by atoms with Crippen molar-refractivity contribution in [2.45, 2.75) is 181 Å². The number of thioether (sulfide) groups is 1. The van der Waals surface area contributed by atoms with Crippen LogP contribution < -0.4 is 26.6 Å². The van der Waals surface area contributed by atoms with E-state index in [1.807, 2.05) is 11.8 Å². The Hall–Kier alpha value is -2.53. The summed E-state index contributed by atoms with van der Waals surface area (Å²) in [4.78, 5) is 48.5. The molecule has 24 heteroatoms. The van der Waals surface area contributed by atoms with Crippen LogP contribution in [0.1, 0.15) is 71.6 Å². The van der Waals surface area contributed by atoms with Crippen LogP contribution in [-0.4, -0.2) is 213 Å². The molecule has 5 fully saturated rings. The second-order valence-corrected chi connectivity index (χ2v) is 17.9. The highest BCUT2D eigenvalue weighted by Gasteiger charge is 2.54. The number of hydrogen-bond acceptors (Lipinski definition) is 19. The average molecular weight is 926 g/mol. The number of ether oxygens (including phenoxy) is 6. The molecule has 13 N–H and O–H groups in total. The maximum absolute atomic E-state index is 12.6. The van der Waals surface area contributed by atoms with Gasteiger partial charge in [-0.15, -0.1) is 0 Å². The van der Waals surface area contributed by atoms with Crippen LogP contribution in [0.15, 0.2) is 0 Å². The largest absolute Gasteiger partial charge is 0.394 e.